The quantitative estimate of drug-likeness (QED) is 0.664. The lowest BCUT2D eigenvalue weighted by Gasteiger charge is -2.38. The van der Waals surface area contributed by atoms with Gasteiger partial charge < -0.3 is 14.8 Å². The Balaban J connectivity index is 1.69. The second-order valence-electron chi connectivity index (χ2n) is 7.57. The van der Waals surface area contributed by atoms with Gasteiger partial charge in [0, 0.05) is 30.7 Å². The highest BCUT2D eigenvalue weighted by atomic mass is 16.2. The van der Waals surface area contributed by atoms with Crippen LogP contribution in [0.25, 0.3) is 0 Å². The highest BCUT2D eigenvalue weighted by molar-refractivity contribution is 5.90. The van der Waals surface area contributed by atoms with E-state index in [2.05, 4.69) is 79.3 Å². The first-order valence-corrected chi connectivity index (χ1v) is 9.95. The molecule has 0 radical (unpaired) electrons. The Hall–Kier alpha value is -3.01. The number of aromatic nitrogens is 1. The zero-order valence-electron chi connectivity index (χ0n) is 16.8. The van der Waals surface area contributed by atoms with Crippen LogP contribution in [0.5, 0.6) is 0 Å². The van der Waals surface area contributed by atoms with Crippen molar-refractivity contribution in [2.45, 2.75) is 39.8 Å². The average Bonchev–Trinajstić information content (AvgIpc) is 3.16. The fraction of sp³-hybridized carbons (Fsp3) is 0.292. The topological polar surface area (TPSA) is 37.3 Å². The minimum absolute atomic E-state index is 0.0503. The first-order valence-electron chi connectivity index (χ1n) is 9.95. The second kappa shape index (κ2) is 7.55. The third-order valence-corrected chi connectivity index (χ3v) is 5.61. The zero-order chi connectivity index (χ0) is 19.7. The van der Waals surface area contributed by atoms with Gasteiger partial charge in [0.05, 0.1) is 6.04 Å². The van der Waals surface area contributed by atoms with Gasteiger partial charge in [0.1, 0.15) is 0 Å². The summed E-state index contributed by atoms with van der Waals surface area (Å²) in [5.41, 5.74) is 6.87. The van der Waals surface area contributed by atoms with Gasteiger partial charge in [-0.2, -0.15) is 0 Å². The summed E-state index contributed by atoms with van der Waals surface area (Å²) < 4.78 is 2.26. The van der Waals surface area contributed by atoms with Crippen LogP contribution < -0.4 is 5.32 Å². The normalized spacial score (nSPS) is 16.0. The molecule has 1 aliphatic rings. The van der Waals surface area contributed by atoms with E-state index < -0.39 is 0 Å². The van der Waals surface area contributed by atoms with E-state index in [9.17, 15) is 4.79 Å². The van der Waals surface area contributed by atoms with Crippen LogP contribution in [0.4, 0.5) is 10.5 Å². The van der Waals surface area contributed by atoms with E-state index in [1.807, 2.05) is 17.0 Å². The predicted octanol–water partition coefficient (Wildman–Crippen LogP) is 5.30. The standard InChI is InChI=1S/C24H27N3O/c1-4-19-7-5-8-20(16-19)25-24(28)27-14-13-26-12-6-9-22(26)23(27)21-11-10-17(2)15-18(21)3/h5-12,15-16,23H,4,13-14H2,1-3H3,(H,25,28). The fourth-order valence-electron chi connectivity index (χ4n) is 4.13. The molecule has 28 heavy (non-hydrogen) atoms. The summed E-state index contributed by atoms with van der Waals surface area (Å²) in [4.78, 5) is 15.2. The summed E-state index contributed by atoms with van der Waals surface area (Å²) in [6.45, 7) is 7.84. The summed E-state index contributed by atoms with van der Waals surface area (Å²) in [6.07, 6.45) is 3.05. The molecule has 0 aliphatic carbocycles. The molecule has 0 saturated carbocycles. The number of aryl methyl sites for hydroxylation is 3. The van der Waals surface area contributed by atoms with Crippen LogP contribution in [0.15, 0.2) is 60.8 Å². The number of benzene rings is 2. The van der Waals surface area contributed by atoms with Gasteiger partial charge in [0.25, 0.3) is 0 Å². The molecule has 0 saturated heterocycles. The lowest BCUT2D eigenvalue weighted by molar-refractivity contribution is 0.181. The van der Waals surface area contributed by atoms with Crippen molar-refractivity contribution in [3.05, 3.63) is 88.7 Å². The van der Waals surface area contributed by atoms with Gasteiger partial charge in [0.2, 0.25) is 0 Å². The monoisotopic (exact) mass is 373 g/mol. The molecular formula is C24H27N3O. The lowest BCUT2D eigenvalue weighted by atomic mass is 9.94. The van der Waals surface area contributed by atoms with Crippen molar-refractivity contribution in [3.8, 4) is 0 Å². The number of hydrogen-bond donors (Lipinski definition) is 1. The highest BCUT2D eigenvalue weighted by Gasteiger charge is 2.33. The number of nitrogens with one attached hydrogen (secondary N) is 1. The molecule has 0 bridgehead atoms. The number of hydrogen-bond acceptors (Lipinski definition) is 1. The molecule has 1 unspecified atom stereocenters. The van der Waals surface area contributed by atoms with E-state index in [0.29, 0.717) is 6.54 Å². The Morgan fingerprint density at radius 2 is 1.93 bits per heavy atom. The number of carbonyl (C=O) groups excluding carboxylic acids is 1. The average molecular weight is 374 g/mol. The molecule has 1 aliphatic heterocycles. The van der Waals surface area contributed by atoms with Crippen molar-refractivity contribution in [2.24, 2.45) is 0 Å². The van der Waals surface area contributed by atoms with Gasteiger partial charge in [-0.15, -0.1) is 0 Å². The van der Waals surface area contributed by atoms with Crippen molar-refractivity contribution < 1.29 is 4.79 Å². The van der Waals surface area contributed by atoms with Crippen LogP contribution in [0.3, 0.4) is 0 Å². The van der Waals surface area contributed by atoms with Crippen molar-refractivity contribution in [2.75, 3.05) is 11.9 Å². The highest BCUT2D eigenvalue weighted by Crippen LogP contribution is 2.34. The smallest absolute Gasteiger partial charge is 0.322 e. The van der Waals surface area contributed by atoms with Gasteiger partial charge in [-0.3, -0.25) is 0 Å². The molecule has 1 aromatic heterocycles. The largest absolute Gasteiger partial charge is 0.348 e. The summed E-state index contributed by atoms with van der Waals surface area (Å²) >= 11 is 0. The van der Waals surface area contributed by atoms with Crippen LogP contribution in [0.1, 0.15) is 40.9 Å². The molecular weight excluding hydrogens is 346 g/mol. The first-order chi connectivity index (χ1) is 13.6. The number of fused-ring (bicyclic) bond motifs is 1. The molecule has 4 heteroatoms. The van der Waals surface area contributed by atoms with Crippen LogP contribution in [-0.2, 0) is 13.0 Å². The van der Waals surface area contributed by atoms with Gasteiger partial charge in [-0.05, 0) is 61.2 Å². The Morgan fingerprint density at radius 1 is 1.07 bits per heavy atom. The summed E-state index contributed by atoms with van der Waals surface area (Å²) in [7, 11) is 0. The third kappa shape index (κ3) is 3.42. The number of nitrogens with zero attached hydrogens (tertiary/aromatic N) is 2. The van der Waals surface area contributed by atoms with Gasteiger partial charge in [0.15, 0.2) is 0 Å². The van der Waals surface area contributed by atoms with Crippen LogP contribution in [0, 0.1) is 13.8 Å². The summed E-state index contributed by atoms with van der Waals surface area (Å²) in [6, 6.07) is 18.6. The van der Waals surface area contributed by atoms with Crippen LogP contribution >= 0.6 is 0 Å². The van der Waals surface area contributed by atoms with Gasteiger partial charge >= 0.3 is 6.03 Å². The van der Waals surface area contributed by atoms with Crippen molar-refractivity contribution in [3.63, 3.8) is 0 Å². The molecule has 1 atom stereocenters. The predicted molar refractivity (Wildman–Crippen MR) is 114 cm³/mol. The van der Waals surface area contributed by atoms with Gasteiger partial charge in [-0.25, -0.2) is 4.79 Å². The lowest BCUT2D eigenvalue weighted by Crippen LogP contribution is -2.44. The Bertz CT molecular complexity index is 1000. The first kappa shape index (κ1) is 18.4. The molecule has 0 spiro atoms. The Kier molecular flexibility index (Phi) is 4.95. The molecule has 2 aromatic carbocycles. The van der Waals surface area contributed by atoms with Crippen molar-refractivity contribution in [1.29, 1.82) is 0 Å². The molecule has 2 amide bonds. The van der Waals surface area contributed by atoms with Crippen molar-refractivity contribution in [1.82, 2.24) is 9.47 Å². The van der Waals surface area contributed by atoms with E-state index in [1.165, 1.54) is 22.3 Å². The molecule has 3 aromatic rings. The minimum atomic E-state index is -0.0845. The number of anilines is 1. The minimum Gasteiger partial charge on any atom is -0.348 e. The van der Waals surface area contributed by atoms with E-state index >= 15 is 0 Å². The van der Waals surface area contributed by atoms with Crippen molar-refractivity contribution >= 4 is 11.7 Å². The molecule has 4 nitrogen and oxygen atoms in total. The van der Waals surface area contributed by atoms with E-state index in [1.54, 1.807) is 0 Å². The molecule has 4 rings (SSSR count). The fourth-order valence-corrected chi connectivity index (χ4v) is 4.13. The number of rotatable bonds is 3. The Morgan fingerprint density at radius 3 is 2.71 bits per heavy atom. The van der Waals surface area contributed by atoms with Crippen LogP contribution in [0.2, 0.25) is 0 Å². The number of amides is 2. The van der Waals surface area contributed by atoms with E-state index in [0.717, 1.165) is 24.3 Å². The van der Waals surface area contributed by atoms with E-state index in [4.69, 9.17) is 0 Å². The number of carbonyl (C=O) groups is 1. The molecule has 2 heterocycles. The maximum atomic E-state index is 13.3. The maximum Gasteiger partial charge on any atom is 0.322 e. The molecule has 1 N–H and O–H groups in total. The SMILES string of the molecule is CCc1cccc(NC(=O)N2CCn3cccc3C2c2ccc(C)cc2C)c1. The Labute approximate surface area is 166 Å². The third-order valence-electron chi connectivity index (χ3n) is 5.61. The summed E-state index contributed by atoms with van der Waals surface area (Å²) in [5.74, 6) is 0. The van der Waals surface area contributed by atoms with Gasteiger partial charge in [-0.1, -0.05) is 42.8 Å². The summed E-state index contributed by atoms with van der Waals surface area (Å²) in [5, 5.41) is 3.12. The van der Waals surface area contributed by atoms with E-state index in [-0.39, 0.29) is 12.1 Å². The maximum absolute atomic E-state index is 13.3. The number of urea groups is 1. The zero-order valence-corrected chi connectivity index (χ0v) is 16.8. The van der Waals surface area contributed by atoms with Crippen LogP contribution in [-0.4, -0.2) is 22.0 Å². The molecule has 0 fully saturated rings. The molecule has 144 valence electrons. The second-order valence-corrected chi connectivity index (χ2v) is 7.57.